The van der Waals surface area contributed by atoms with Crippen molar-refractivity contribution in [2.45, 2.75) is 13.5 Å². The lowest BCUT2D eigenvalue weighted by atomic mass is 10.1. The van der Waals surface area contributed by atoms with E-state index in [2.05, 4.69) is 5.32 Å². The zero-order chi connectivity index (χ0) is 19.6. The summed E-state index contributed by atoms with van der Waals surface area (Å²) in [6.45, 7) is 1.16. The van der Waals surface area contributed by atoms with Gasteiger partial charge in [0.25, 0.3) is 11.2 Å². The van der Waals surface area contributed by atoms with Crippen LogP contribution >= 0.6 is 0 Å². The van der Waals surface area contributed by atoms with Crippen LogP contribution < -0.4 is 10.9 Å². The first-order valence-electron chi connectivity index (χ1n) is 8.04. The number of carbonyl (C=O) groups excluding carboxylic acids is 2. The normalized spacial score (nSPS) is 10.6. The van der Waals surface area contributed by atoms with Crippen molar-refractivity contribution in [1.29, 1.82) is 0 Å². The van der Waals surface area contributed by atoms with Gasteiger partial charge in [-0.15, -0.1) is 0 Å². The third-order valence-corrected chi connectivity index (χ3v) is 4.04. The van der Waals surface area contributed by atoms with Gasteiger partial charge in [0.05, 0.1) is 10.4 Å². The molecule has 0 saturated carbocycles. The van der Waals surface area contributed by atoms with Crippen molar-refractivity contribution in [1.82, 2.24) is 4.57 Å². The number of Topliss-reactive ketones (excluding diaryl/α,β-unsaturated/α-hetero) is 1. The number of amides is 1. The molecule has 1 N–H and O–H groups in total. The number of nitrogens with one attached hydrogen (secondary N) is 1. The second-order valence-electron chi connectivity index (χ2n) is 5.94. The number of carbonyl (C=O) groups is 2. The van der Waals surface area contributed by atoms with E-state index < -0.39 is 16.4 Å². The number of fused-ring (bicyclic) bond motifs is 1. The number of non-ortho nitro benzene ring substituents is 1. The summed E-state index contributed by atoms with van der Waals surface area (Å²) < 4.78 is 1.24. The summed E-state index contributed by atoms with van der Waals surface area (Å²) in [6.07, 6.45) is 0. The van der Waals surface area contributed by atoms with Crippen LogP contribution in [0.15, 0.2) is 59.4 Å². The Morgan fingerprint density at radius 3 is 2.59 bits per heavy atom. The van der Waals surface area contributed by atoms with E-state index in [1.54, 1.807) is 24.3 Å². The third kappa shape index (κ3) is 3.90. The van der Waals surface area contributed by atoms with E-state index in [1.165, 1.54) is 41.8 Å². The Morgan fingerprint density at radius 1 is 1.11 bits per heavy atom. The van der Waals surface area contributed by atoms with Gasteiger partial charge in [0.2, 0.25) is 5.91 Å². The molecule has 0 bridgehead atoms. The van der Waals surface area contributed by atoms with E-state index in [4.69, 9.17) is 0 Å². The number of aromatic nitrogens is 1. The molecule has 0 spiro atoms. The van der Waals surface area contributed by atoms with Crippen LogP contribution in [0.25, 0.3) is 10.9 Å². The highest BCUT2D eigenvalue weighted by Crippen LogP contribution is 2.19. The SMILES string of the molecule is CC(=O)c1cccc(NC(=O)Cn2c(=O)ccc3cc([N+](=O)[O-])ccc32)c1. The second kappa shape index (κ2) is 7.20. The van der Waals surface area contributed by atoms with Crippen molar-refractivity contribution >= 4 is 34.0 Å². The molecule has 0 aliphatic rings. The van der Waals surface area contributed by atoms with Crippen LogP contribution in [0.4, 0.5) is 11.4 Å². The second-order valence-corrected chi connectivity index (χ2v) is 5.94. The Bertz CT molecular complexity index is 1130. The Kier molecular flexibility index (Phi) is 4.80. The molecule has 0 aliphatic heterocycles. The van der Waals surface area contributed by atoms with Crippen molar-refractivity contribution < 1.29 is 14.5 Å². The smallest absolute Gasteiger partial charge is 0.270 e. The van der Waals surface area contributed by atoms with Gasteiger partial charge in [0.1, 0.15) is 6.54 Å². The van der Waals surface area contributed by atoms with Gasteiger partial charge in [-0.1, -0.05) is 12.1 Å². The number of rotatable bonds is 5. The predicted molar refractivity (Wildman–Crippen MR) is 99.9 cm³/mol. The molecule has 0 unspecified atom stereocenters. The lowest BCUT2D eigenvalue weighted by Gasteiger charge is -2.11. The van der Waals surface area contributed by atoms with Gasteiger partial charge < -0.3 is 5.32 Å². The van der Waals surface area contributed by atoms with E-state index in [0.717, 1.165) is 0 Å². The summed E-state index contributed by atoms with van der Waals surface area (Å²) in [5, 5.41) is 14.0. The van der Waals surface area contributed by atoms with Crippen molar-refractivity contribution in [2.75, 3.05) is 5.32 Å². The monoisotopic (exact) mass is 365 g/mol. The molecule has 3 rings (SSSR count). The van der Waals surface area contributed by atoms with Gasteiger partial charge in [-0.25, -0.2) is 0 Å². The first kappa shape index (κ1) is 18.0. The van der Waals surface area contributed by atoms with Crippen LogP contribution in [-0.2, 0) is 11.3 Å². The van der Waals surface area contributed by atoms with Crippen molar-refractivity contribution in [3.63, 3.8) is 0 Å². The largest absolute Gasteiger partial charge is 0.325 e. The van der Waals surface area contributed by atoms with E-state index >= 15 is 0 Å². The Labute approximate surface area is 153 Å². The molecule has 0 aliphatic carbocycles. The molecule has 0 saturated heterocycles. The number of hydrogen-bond donors (Lipinski definition) is 1. The number of anilines is 1. The van der Waals surface area contributed by atoms with Crippen LogP contribution in [0.3, 0.4) is 0 Å². The van der Waals surface area contributed by atoms with E-state index in [9.17, 15) is 24.5 Å². The molecule has 2 aromatic carbocycles. The number of nitrogens with zero attached hydrogens (tertiary/aromatic N) is 2. The van der Waals surface area contributed by atoms with Gasteiger partial charge in [0, 0.05) is 34.8 Å². The van der Waals surface area contributed by atoms with Gasteiger partial charge in [-0.3, -0.25) is 29.1 Å². The summed E-state index contributed by atoms with van der Waals surface area (Å²) in [5.74, 6) is -0.582. The number of hydrogen-bond acceptors (Lipinski definition) is 5. The lowest BCUT2D eigenvalue weighted by molar-refractivity contribution is -0.384. The highest BCUT2D eigenvalue weighted by molar-refractivity contribution is 5.97. The first-order valence-corrected chi connectivity index (χ1v) is 8.04. The average Bonchev–Trinajstić information content (AvgIpc) is 2.63. The van der Waals surface area contributed by atoms with Crippen molar-refractivity contribution in [3.05, 3.63) is 80.6 Å². The van der Waals surface area contributed by atoms with Crippen molar-refractivity contribution in [3.8, 4) is 0 Å². The fraction of sp³-hybridized carbons (Fsp3) is 0.105. The first-order chi connectivity index (χ1) is 12.8. The predicted octanol–water partition coefficient (Wildman–Crippen LogP) is 2.75. The maximum Gasteiger partial charge on any atom is 0.270 e. The van der Waals surface area contributed by atoms with Crippen LogP contribution in [-0.4, -0.2) is 21.2 Å². The number of pyridine rings is 1. The molecule has 0 atom stereocenters. The van der Waals surface area contributed by atoms with E-state index in [0.29, 0.717) is 22.2 Å². The minimum atomic E-state index is -0.524. The maximum atomic E-state index is 12.4. The zero-order valence-corrected chi connectivity index (χ0v) is 14.3. The summed E-state index contributed by atoms with van der Waals surface area (Å²) in [5.41, 5.74) is 0.821. The molecule has 136 valence electrons. The fourth-order valence-corrected chi connectivity index (χ4v) is 2.73. The van der Waals surface area contributed by atoms with Crippen molar-refractivity contribution in [2.24, 2.45) is 0 Å². The molecule has 27 heavy (non-hydrogen) atoms. The highest BCUT2D eigenvalue weighted by atomic mass is 16.6. The summed E-state index contributed by atoms with van der Waals surface area (Å²) >= 11 is 0. The number of nitro benzene ring substituents is 1. The maximum absolute atomic E-state index is 12.4. The molecule has 3 aromatic rings. The van der Waals surface area contributed by atoms with Gasteiger partial charge >= 0.3 is 0 Å². The Balaban J connectivity index is 1.89. The summed E-state index contributed by atoms with van der Waals surface area (Å²) in [4.78, 5) is 46.4. The minimum Gasteiger partial charge on any atom is -0.325 e. The zero-order valence-electron chi connectivity index (χ0n) is 14.3. The number of ketones is 1. The molecule has 8 nitrogen and oxygen atoms in total. The quantitative estimate of drug-likeness (QED) is 0.424. The summed E-state index contributed by atoms with van der Waals surface area (Å²) in [6, 6.07) is 13.3. The minimum absolute atomic E-state index is 0.0989. The van der Waals surface area contributed by atoms with Crippen LogP contribution in [0.2, 0.25) is 0 Å². The molecule has 1 heterocycles. The third-order valence-electron chi connectivity index (χ3n) is 4.04. The number of benzene rings is 2. The van der Waals surface area contributed by atoms with Crippen LogP contribution in [0.1, 0.15) is 17.3 Å². The van der Waals surface area contributed by atoms with E-state index in [-0.39, 0.29) is 18.0 Å². The van der Waals surface area contributed by atoms with Gasteiger partial charge in [0.15, 0.2) is 5.78 Å². The van der Waals surface area contributed by atoms with Gasteiger partial charge in [-0.05, 0) is 31.2 Å². The standard InChI is InChI=1S/C19H15N3O5/c1-12(23)13-3-2-4-15(9-13)20-18(24)11-21-17-7-6-16(22(26)27)10-14(17)5-8-19(21)25/h2-10H,11H2,1H3,(H,20,24). The van der Waals surface area contributed by atoms with Crippen LogP contribution in [0.5, 0.6) is 0 Å². The molecule has 0 fully saturated rings. The molecular weight excluding hydrogens is 350 g/mol. The number of nitro groups is 1. The molecular formula is C19H15N3O5. The van der Waals surface area contributed by atoms with E-state index in [1.807, 2.05) is 0 Å². The molecule has 1 amide bonds. The highest BCUT2D eigenvalue weighted by Gasteiger charge is 2.12. The molecule has 0 radical (unpaired) electrons. The molecule has 1 aromatic heterocycles. The summed E-state index contributed by atoms with van der Waals surface area (Å²) in [7, 11) is 0. The Morgan fingerprint density at radius 2 is 1.89 bits per heavy atom. The topological polar surface area (TPSA) is 111 Å². The average molecular weight is 365 g/mol. The van der Waals surface area contributed by atoms with Gasteiger partial charge in [-0.2, -0.15) is 0 Å². The molecule has 8 heteroatoms. The fourth-order valence-electron chi connectivity index (χ4n) is 2.73. The lowest BCUT2D eigenvalue weighted by Crippen LogP contribution is -2.27. The van der Waals surface area contributed by atoms with Crippen LogP contribution in [0, 0.1) is 10.1 Å². The Hall–Kier alpha value is -3.81.